The fourth-order valence-corrected chi connectivity index (χ4v) is 3.94. The van der Waals surface area contributed by atoms with Gasteiger partial charge in [0.15, 0.2) is 0 Å². The van der Waals surface area contributed by atoms with E-state index in [9.17, 15) is 9.18 Å². The van der Waals surface area contributed by atoms with Crippen LogP contribution in [0.4, 0.5) is 4.39 Å². The van der Waals surface area contributed by atoms with Crippen LogP contribution in [0.25, 0.3) is 21.9 Å². The lowest BCUT2D eigenvalue weighted by molar-refractivity contribution is 0.626. The fourth-order valence-electron chi connectivity index (χ4n) is 3.94. The van der Waals surface area contributed by atoms with Crippen LogP contribution in [0.3, 0.4) is 0 Å². The lowest BCUT2D eigenvalue weighted by atomic mass is 10.1. The van der Waals surface area contributed by atoms with Gasteiger partial charge in [0.1, 0.15) is 16.9 Å². The van der Waals surface area contributed by atoms with Gasteiger partial charge in [-0.2, -0.15) is 0 Å². The number of aryl methyl sites for hydroxylation is 2. The summed E-state index contributed by atoms with van der Waals surface area (Å²) in [5.41, 5.74) is 4.27. The summed E-state index contributed by atoms with van der Waals surface area (Å²) in [6, 6.07) is 24.4. The molecule has 0 fully saturated rings. The smallest absolute Gasteiger partial charge is 0.277 e. The van der Waals surface area contributed by atoms with Crippen molar-refractivity contribution in [3.8, 4) is 0 Å². The summed E-state index contributed by atoms with van der Waals surface area (Å²) in [5, 5.41) is 0.946. The topological polar surface area (TPSA) is 39.8 Å². The van der Waals surface area contributed by atoms with E-state index in [0.717, 1.165) is 22.9 Å². The van der Waals surface area contributed by atoms with E-state index in [0.29, 0.717) is 24.1 Å². The minimum Gasteiger partial charge on any atom is -0.330 e. The van der Waals surface area contributed by atoms with Crippen LogP contribution < -0.4 is 5.56 Å². The molecule has 0 saturated heterocycles. The number of nitrogens with zero attached hydrogens (tertiary/aromatic N) is 3. The summed E-state index contributed by atoms with van der Waals surface area (Å²) in [4.78, 5) is 18.1. The lowest BCUT2D eigenvalue weighted by Crippen LogP contribution is -2.23. The Bertz CT molecular complexity index is 1390. The van der Waals surface area contributed by atoms with Crippen LogP contribution in [0.15, 0.2) is 90.0 Å². The molecule has 0 bridgehead atoms. The van der Waals surface area contributed by atoms with Gasteiger partial charge in [-0.15, -0.1) is 0 Å². The zero-order valence-electron chi connectivity index (χ0n) is 16.3. The van der Waals surface area contributed by atoms with Crippen LogP contribution in [-0.2, 0) is 19.5 Å². The Morgan fingerprint density at radius 3 is 2.37 bits per heavy atom. The third kappa shape index (κ3) is 3.28. The van der Waals surface area contributed by atoms with E-state index >= 15 is 0 Å². The first-order valence-electron chi connectivity index (χ1n) is 9.95. The van der Waals surface area contributed by atoms with Crippen molar-refractivity contribution >= 4 is 21.9 Å². The van der Waals surface area contributed by atoms with Gasteiger partial charge < -0.3 is 4.57 Å². The monoisotopic (exact) mass is 397 g/mol. The van der Waals surface area contributed by atoms with Crippen LogP contribution in [0.2, 0.25) is 0 Å². The van der Waals surface area contributed by atoms with E-state index in [4.69, 9.17) is 0 Å². The number of fused-ring (bicyclic) bond motifs is 3. The van der Waals surface area contributed by atoms with Gasteiger partial charge in [0.2, 0.25) is 0 Å². The average Bonchev–Trinajstić information content (AvgIpc) is 3.10. The summed E-state index contributed by atoms with van der Waals surface area (Å²) >= 11 is 0. The van der Waals surface area contributed by atoms with E-state index in [1.807, 2.05) is 47.0 Å². The van der Waals surface area contributed by atoms with Crippen molar-refractivity contribution in [1.82, 2.24) is 14.1 Å². The molecule has 5 heteroatoms. The molecule has 0 amide bonds. The molecule has 0 unspecified atom stereocenters. The Balaban J connectivity index is 1.62. The molecule has 148 valence electrons. The first-order valence-corrected chi connectivity index (χ1v) is 9.95. The zero-order chi connectivity index (χ0) is 20.5. The number of rotatable bonds is 5. The molecule has 5 aromatic rings. The third-order valence-electron chi connectivity index (χ3n) is 5.47. The predicted molar refractivity (Wildman–Crippen MR) is 117 cm³/mol. The summed E-state index contributed by atoms with van der Waals surface area (Å²) in [6.45, 7) is 1.04. The van der Waals surface area contributed by atoms with Crippen molar-refractivity contribution in [3.05, 3.63) is 112 Å². The Labute approximate surface area is 172 Å². The molecular weight excluding hydrogens is 377 g/mol. The van der Waals surface area contributed by atoms with Crippen LogP contribution >= 0.6 is 0 Å². The Morgan fingerprint density at radius 1 is 0.833 bits per heavy atom. The van der Waals surface area contributed by atoms with E-state index in [2.05, 4.69) is 17.1 Å². The first kappa shape index (κ1) is 18.3. The van der Waals surface area contributed by atoms with Crippen LogP contribution in [0.1, 0.15) is 11.1 Å². The molecule has 0 aliphatic carbocycles. The normalized spacial score (nSPS) is 11.4. The van der Waals surface area contributed by atoms with Gasteiger partial charge in [0.25, 0.3) is 5.56 Å². The number of halogens is 1. The summed E-state index contributed by atoms with van der Waals surface area (Å²) < 4.78 is 17.0. The maximum atomic E-state index is 13.4. The van der Waals surface area contributed by atoms with Gasteiger partial charge in [-0.05, 0) is 35.7 Å². The van der Waals surface area contributed by atoms with Gasteiger partial charge in [0, 0.05) is 18.5 Å². The SMILES string of the molecule is O=c1c2c(ncn1CCc1ccccc1)c1ccccc1n2Cc1ccc(F)cc1. The molecular formula is C25H20FN3O. The second-order valence-electron chi connectivity index (χ2n) is 7.41. The number of hydrogen-bond donors (Lipinski definition) is 0. The summed E-state index contributed by atoms with van der Waals surface area (Å²) in [7, 11) is 0. The second kappa shape index (κ2) is 7.59. The molecule has 3 aromatic carbocycles. The minimum atomic E-state index is -0.272. The molecule has 2 heterocycles. The van der Waals surface area contributed by atoms with Crippen molar-refractivity contribution in [3.63, 3.8) is 0 Å². The van der Waals surface area contributed by atoms with Crippen LogP contribution in [0.5, 0.6) is 0 Å². The molecule has 0 N–H and O–H groups in total. The highest BCUT2D eigenvalue weighted by Crippen LogP contribution is 2.26. The zero-order valence-corrected chi connectivity index (χ0v) is 16.3. The number of aromatic nitrogens is 3. The van der Waals surface area contributed by atoms with Crippen LogP contribution in [0, 0.1) is 5.82 Å². The summed E-state index contributed by atoms with van der Waals surface area (Å²) in [6.07, 6.45) is 2.40. The van der Waals surface area contributed by atoms with E-state index in [1.54, 1.807) is 23.0 Å². The van der Waals surface area contributed by atoms with Gasteiger partial charge in [0.05, 0.1) is 11.8 Å². The van der Waals surface area contributed by atoms with E-state index < -0.39 is 0 Å². The molecule has 0 saturated carbocycles. The number of benzene rings is 3. The van der Waals surface area contributed by atoms with Crippen molar-refractivity contribution < 1.29 is 4.39 Å². The number of hydrogen-bond acceptors (Lipinski definition) is 2. The molecule has 0 spiro atoms. The molecule has 4 nitrogen and oxygen atoms in total. The quantitative estimate of drug-likeness (QED) is 0.428. The molecule has 0 atom stereocenters. The molecule has 2 aromatic heterocycles. The van der Waals surface area contributed by atoms with Crippen molar-refractivity contribution in [2.24, 2.45) is 0 Å². The van der Waals surface area contributed by atoms with Crippen molar-refractivity contribution in [2.75, 3.05) is 0 Å². The van der Waals surface area contributed by atoms with Gasteiger partial charge in [-0.3, -0.25) is 9.36 Å². The van der Waals surface area contributed by atoms with Crippen molar-refractivity contribution in [1.29, 1.82) is 0 Å². The van der Waals surface area contributed by atoms with Gasteiger partial charge >= 0.3 is 0 Å². The van der Waals surface area contributed by atoms with Gasteiger partial charge in [-0.1, -0.05) is 60.7 Å². The highest BCUT2D eigenvalue weighted by Gasteiger charge is 2.16. The molecule has 5 rings (SSSR count). The predicted octanol–water partition coefficient (Wildman–Crippen LogP) is 4.78. The minimum absolute atomic E-state index is 0.0609. The second-order valence-corrected chi connectivity index (χ2v) is 7.41. The van der Waals surface area contributed by atoms with Crippen LogP contribution in [-0.4, -0.2) is 14.1 Å². The van der Waals surface area contributed by atoms with E-state index in [-0.39, 0.29) is 11.4 Å². The maximum absolute atomic E-state index is 13.4. The largest absolute Gasteiger partial charge is 0.330 e. The lowest BCUT2D eigenvalue weighted by Gasteiger charge is -2.09. The Morgan fingerprint density at radius 2 is 1.57 bits per heavy atom. The van der Waals surface area contributed by atoms with E-state index in [1.165, 1.54) is 17.7 Å². The first-order chi connectivity index (χ1) is 14.7. The number of para-hydroxylation sites is 1. The molecule has 0 aliphatic rings. The Hall–Kier alpha value is -3.73. The molecule has 0 aliphatic heterocycles. The van der Waals surface area contributed by atoms with Gasteiger partial charge in [-0.25, -0.2) is 9.37 Å². The molecule has 30 heavy (non-hydrogen) atoms. The van der Waals surface area contributed by atoms with Crippen molar-refractivity contribution in [2.45, 2.75) is 19.5 Å². The fraction of sp³-hybridized carbons (Fsp3) is 0.120. The average molecular weight is 397 g/mol. The third-order valence-corrected chi connectivity index (χ3v) is 5.47. The summed E-state index contributed by atoms with van der Waals surface area (Å²) in [5.74, 6) is -0.272. The maximum Gasteiger partial charge on any atom is 0.277 e. The highest BCUT2D eigenvalue weighted by atomic mass is 19.1. The highest BCUT2D eigenvalue weighted by molar-refractivity contribution is 6.05. The molecule has 0 radical (unpaired) electrons. The Kier molecular flexibility index (Phi) is 4.64. The standard InChI is InChI=1S/C25H20FN3O/c26-20-12-10-19(11-13-20)16-29-22-9-5-4-8-21(22)23-24(29)25(30)28(17-27-23)15-14-18-6-2-1-3-7-18/h1-13,17H,14-16H2.